The number of nitrogens with zero attached hydrogens (tertiary/aromatic N) is 2. The molecule has 3 nitrogen and oxygen atoms in total. The number of aryl methyl sites for hydroxylation is 1. The topological polar surface area (TPSA) is 42.1 Å². The summed E-state index contributed by atoms with van der Waals surface area (Å²) in [7, 11) is 0. The number of hydrogen-bond donors (Lipinski definition) is 1. The summed E-state index contributed by atoms with van der Waals surface area (Å²) in [4.78, 5) is 7.00. The Bertz CT molecular complexity index is 362. The highest BCUT2D eigenvalue weighted by Crippen LogP contribution is 2.22. The molecule has 0 saturated carbocycles. The minimum absolute atomic E-state index is 0.597. The van der Waals surface area contributed by atoms with Crippen LogP contribution in [0.15, 0.2) is 12.1 Å². The van der Waals surface area contributed by atoms with E-state index in [0.717, 1.165) is 30.5 Å². The van der Waals surface area contributed by atoms with Crippen molar-refractivity contribution in [1.29, 1.82) is 0 Å². The average molecular weight is 219 g/mol. The quantitative estimate of drug-likeness (QED) is 0.828. The van der Waals surface area contributed by atoms with Crippen molar-refractivity contribution in [1.82, 2.24) is 4.98 Å². The maximum atomic E-state index is 5.70. The monoisotopic (exact) mass is 219 g/mol. The maximum Gasteiger partial charge on any atom is 0.129 e. The largest absolute Gasteiger partial charge is 0.356 e. The molecule has 0 bridgehead atoms. The van der Waals surface area contributed by atoms with Gasteiger partial charge in [-0.15, -0.1) is 0 Å². The fourth-order valence-electron chi connectivity index (χ4n) is 2.40. The minimum atomic E-state index is 0.597. The Labute approximate surface area is 97.7 Å². The fraction of sp³-hybridized carbons (Fsp3) is 0.615. The molecule has 16 heavy (non-hydrogen) atoms. The van der Waals surface area contributed by atoms with Crippen LogP contribution in [0, 0.1) is 12.8 Å². The summed E-state index contributed by atoms with van der Waals surface area (Å²) in [5.74, 6) is 1.88. The third-order valence-corrected chi connectivity index (χ3v) is 3.22. The number of pyridine rings is 1. The van der Waals surface area contributed by atoms with Gasteiger partial charge in [0.1, 0.15) is 5.82 Å². The molecule has 88 valence electrons. The van der Waals surface area contributed by atoms with Crippen LogP contribution in [0.5, 0.6) is 0 Å². The van der Waals surface area contributed by atoms with Crippen molar-refractivity contribution in [2.45, 2.75) is 33.2 Å². The molecular weight excluding hydrogens is 198 g/mol. The van der Waals surface area contributed by atoms with Crippen molar-refractivity contribution >= 4 is 5.82 Å². The first kappa shape index (κ1) is 11.4. The summed E-state index contributed by atoms with van der Waals surface area (Å²) >= 11 is 0. The molecule has 2 rings (SSSR count). The minimum Gasteiger partial charge on any atom is -0.356 e. The van der Waals surface area contributed by atoms with Gasteiger partial charge in [0.25, 0.3) is 0 Å². The Morgan fingerprint density at radius 2 is 2.31 bits per heavy atom. The molecule has 2 N–H and O–H groups in total. The van der Waals surface area contributed by atoms with E-state index >= 15 is 0 Å². The van der Waals surface area contributed by atoms with Crippen LogP contribution in [0.2, 0.25) is 0 Å². The lowest BCUT2D eigenvalue weighted by Crippen LogP contribution is -2.35. The predicted molar refractivity (Wildman–Crippen MR) is 67.5 cm³/mol. The molecular formula is C13H21N3. The number of piperidine rings is 1. The van der Waals surface area contributed by atoms with Crippen LogP contribution in [0.3, 0.4) is 0 Å². The van der Waals surface area contributed by atoms with E-state index in [4.69, 9.17) is 5.73 Å². The lowest BCUT2D eigenvalue weighted by atomic mass is 10.0. The standard InChI is InChI=1S/C13H21N3/c1-10-4-3-5-16(9-10)13-7-12(8-14)6-11(2)15-13/h6-7,10H,3-5,8-9,14H2,1-2H3. The Kier molecular flexibility index (Phi) is 3.44. The molecule has 3 heteroatoms. The highest BCUT2D eigenvalue weighted by atomic mass is 15.2. The van der Waals surface area contributed by atoms with Crippen LogP contribution in [-0.4, -0.2) is 18.1 Å². The van der Waals surface area contributed by atoms with Gasteiger partial charge < -0.3 is 10.6 Å². The van der Waals surface area contributed by atoms with E-state index in [-0.39, 0.29) is 0 Å². The third-order valence-electron chi connectivity index (χ3n) is 3.22. The van der Waals surface area contributed by atoms with Gasteiger partial charge in [-0.2, -0.15) is 0 Å². The molecule has 1 fully saturated rings. The first-order valence-corrected chi connectivity index (χ1v) is 6.11. The molecule has 1 saturated heterocycles. The van der Waals surface area contributed by atoms with Gasteiger partial charge in [0.05, 0.1) is 0 Å². The number of rotatable bonds is 2. The summed E-state index contributed by atoms with van der Waals surface area (Å²) in [6.07, 6.45) is 2.61. The first-order valence-electron chi connectivity index (χ1n) is 6.11. The van der Waals surface area contributed by atoms with Crippen LogP contribution < -0.4 is 10.6 Å². The Morgan fingerprint density at radius 3 is 3.00 bits per heavy atom. The SMILES string of the molecule is Cc1cc(CN)cc(N2CCCC(C)C2)n1. The zero-order valence-corrected chi connectivity index (χ0v) is 10.2. The second-order valence-corrected chi connectivity index (χ2v) is 4.87. The third kappa shape index (κ3) is 2.53. The van der Waals surface area contributed by atoms with Crippen molar-refractivity contribution in [2.24, 2.45) is 11.7 Å². The highest BCUT2D eigenvalue weighted by molar-refractivity contribution is 5.43. The fourth-order valence-corrected chi connectivity index (χ4v) is 2.40. The Morgan fingerprint density at radius 1 is 1.50 bits per heavy atom. The molecule has 1 aliphatic rings. The van der Waals surface area contributed by atoms with Crippen molar-refractivity contribution in [3.05, 3.63) is 23.4 Å². The van der Waals surface area contributed by atoms with Crippen molar-refractivity contribution in [2.75, 3.05) is 18.0 Å². The molecule has 1 aliphatic heterocycles. The summed E-state index contributed by atoms with van der Waals surface area (Å²) in [5.41, 5.74) is 7.95. The van der Waals surface area contributed by atoms with Gasteiger partial charge in [-0.25, -0.2) is 4.98 Å². The molecule has 1 unspecified atom stereocenters. The summed E-state index contributed by atoms with van der Waals surface area (Å²) in [6, 6.07) is 4.20. The molecule has 1 aromatic rings. The van der Waals surface area contributed by atoms with Crippen LogP contribution in [0.25, 0.3) is 0 Å². The summed E-state index contributed by atoms with van der Waals surface area (Å²) < 4.78 is 0. The van der Waals surface area contributed by atoms with E-state index < -0.39 is 0 Å². The van der Waals surface area contributed by atoms with E-state index in [9.17, 15) is 0 Å². The number of nitrogens with two attached hydrogens (primary N) is 1. The predicted octanol–water partition coefficient (Wildman–Crippen LogP) is 2.09. The maximum absolute atomic E-state index is 5.70. The molecule has 2 heterocycles. The lowest BCUT2D eigenvalue weighted by Gasteiger charge is -2.32. The number of anilines is 1. The molecule has 0 radical (unpaired) electrons. The van der Waals surface area contributed by atoms with E-state index in [2.05, 4.69) is 28.9 Å². The van der Waals surface area contributed by atoms with Crippen LogP contribution >= 0.6 is 0 Å². The molecule has 1 aromatic heterocycles. The highest BCUT2D eigenvalue weighted by Gasteiger charge is 2.17. The van der Waals surface area contributed by atoms with Crippen LogP contribution in [0.1, 0.15) is 31.0 Å². The van der Waals surface area contributed by atoms with Crippen LogP contribution in [-0.2, 0) is 6.54 Å². The number of hydrogen-bond acceptors (Lipinski definition) is 3. The van der Waals surface area contributed by atoms with Gasteiger partial charge in [-0.1, -0.05) is 6.92 Å². The van der Waals surface area contributed by atoms with Gasteiger partial charge in [-0.05, 0) is 43.4 Å². The van der Waals surface area contributed by atoms with E-state index in [1.807, 2.05) is 6.92 Å². The molecule has 1 atom stereocenters. The Hall–Kier alpha value is -1.09. The lowest BCUT2D eigenvalue weighted by molar-refractivity contribution is 0.444. The first-order chi connectivity index (χ1) is 7.69. The molecule has 0 aliphatic carbocycles. The van der Waals surface area contributed by atoms with E-state index in [1.54, 1.807) is 0 Å². The molecule has 0 spiro atoms. The smallest absolute Gasteiger partial charge is 0.129 e. The van der Waals surface area contributed by atoms with Gasteiger partial charge >= 0.3 is 0 Å². The second-order valence-electron chi connectivity index (χ2n) is 4.87. The van der Waals surface area contributed by atoms with Gasteiger partial charge in [-0.3, -0.25) is 0 Å². The average Bonchev–Trinajstić information content (AvgIpc) is 2.28. The van der Waals surface area contributed by atoms with Gasteiger partial charge in [0, 0.05) is 25.3 Å². The number of aromatic nitrogens is 1. The van der Waals surface area contributed by atoms with Crippen molar-refractivity contribution in [3.8, 4) is 0 Å². The zero-order valence-electron chi connectivity index (χ0n) is 10.2. The molecule has 0 amide bonds. The van der Waals surface area contributed by atoms with E-state index in [0.29, 0.717) is 6.54 Å². The van der Waals surface area contributed by atoms with Crippen LogP contribution in [0.4, 0.5) is 5.82 Å². The normalized spacial score (nSPS) is 21.2. The molecule has 0 aromatic carbocycles. The van der Waals surface area contributed by atoms with Crippen molar-refractivity contribution < 1.29 is 0 Å². The van der Waals surface area contributed by atoms with Gasteiger partial charge in [0.2, 0.25) is 0 Å². The zero-order chi connectivity index (χ0) is 11.5. The van der Waals surface area contributed by atoms with E-state index in [1.165, 1.54) is 18.4 Å². The van der Waals surface area contributed by atoms with Gasteiger partial charge in [0.15, 0.2) is 0 Å². The Balaban J connectivity index is 2.21. The summed E-state index contributed by atoms with van der Waals surface area (Å²) in [5, 5.41) is 0. The summed E-state index contributed by atoms with van der Waals surface area (Å²) in [6.45, 7) is 7.20. The van der Waals surface area contributed by atoms with Crippen molar-refractivity contribution in [3.63, 3.8) is 0 Å². The second kappa shape index (κ2) is 4.83.